The van der Waals surface area contributed by atoms with Crippen molar-refractivity contribution >= 4 is 18.1 Å². The Bertz CT molecular complexity index is 1310. The summed E-state index contributed by atoms with van der Waals surface area (Å²) in [5.41, 5.74) is 2.02. The molecule has 0 saturated carbocycles. The molecule has 1 aliphatic rings. The number of likely N-dealkylation sites (tertiary alicyclic amines) is 1. The van der Waals surface area contributed by atoms with Gasteiger partial charge in [0.1, 0.15) is 24.4 Å². The minimum absolute atomic E-state index is 0.00843. The van der Waals surface area contributed by atoms with Gasteiger partial charge < -0.3 is 24.6 Å². The fourth-order valence-corrected chi connectivity index (χ4v) is 4.87. The van der Waals surface area contributed by atoms with Crippen molar-refractivity contribution in [3.8, 4) is 17.0 Å². The molecular formula is C29H32FN3O6. The lowest BCUT2D eigenvalue weighted by atomic mass is 9.91. The summed E-state index contributed by atoms with van der Waals surface area (Å²) in [5.74, 6) is -1.72. The number of hydrogen-bond acceptors (Lipinski definition) is 7. The molecule has 4 rings (SSSR count). The van der Waals surface area contributed by atoms with E-state index >= 15 is 0 Å². The predicted molar refractivity (Wildman–Crippen MR) is 140 cm³/mol. The van der Waals surface area contributed by atoms with Gasteiger partial charge in [-0.2, -0.15) is 0 Å². The number of aldehydes is 1. The number of rotatable bonds is 10. The zero-order valence-electron chi connectivity index (χ0n) is 22.0. The topological polar surface area (TPSA) is 122 Å². The van der Waals surface area contributed by atoms with Crippen LogP contribution in [0.2, 0.25) is 0 Å². The third-order valence-corrected chi connectivity index (χ3v) is 6.86. The second-order valence-corrected chi connectivity index (χ2v) is 9.99. The van der Waals surface area contributed by atoms with E-state index in [9.17, 15) is 23.9 Å². The zero-order chi connectivity index (χ0) is 28.1. The van der Waals surface area contributed by atoms with E-state index in [4.69, 9.17) is 9.26 Å². The highest BCUT2D eigenvalue weighted by Crippen LogP contribution is 2.32. The van der Waals surface area contributed by atoms with E-state index in [0.717, 1.165) is 11.1 Å². The number of nitrogens with zero attached hydrogens (tertiary/aromatic N) is 2. The number of aliphatic hydroxyl groups excluding tert-OH is 1. The van der Waals surface area contributed by atoms with E-state index in [1.165, 1.54) is 17.0 Å². The molecule has 206 valence electrons. The van der Waals surface area contributed by atoms with Crippen LogP contribution in [0.1, 0.15) is 50.5 Å². The van der Waals surface area contributed by atoms with Gasteiger partial charge in [-0.15, -0.1) is 0 Å². The van der Waals surface area contributed by atoms with E-state index in [-0.39, 0.29) is 54.8 Å². The molecule has 10 heteroatoms. The van der Waals surface area contributed by atoms with Gasteiger partial charge >= 0.3 is 0 Å². The van der Waals surface area contributed by atoms with Crippen LogP contribution in [0, 0.1) is 11.7 Å². The minimum Gasteiger partial charge on any atom is -0.468 e. The molecule has 1 fully saturated rings. The van der Waals surface area contributed by atoms with Gasteiger partial charge in [0.05, 0.1) is 12.1 Å². The van der Waals surface area contributed by atoms with Gasteiger partial charge in [0.25, 0.3) is 5.88 Å². The standard InChI is InChI=1S/C29H32FN3O6/c1-17(2)27(25-15-26(32-39-25)38-13-12-34)29(37)33-16-21(35)14-24(33)28(36)31-18(3)19-8-10-20(11-9-19)22-6-4-5-7-23(22)30/h4-12,15,17-18,21,24,27,35H,13-14,16H2,1-3H3,(H,31,36)/t18-,21+,24-,27?/m0/s1. The number of carbonyl (C=O) groups excluding carboxylic acids is 3. The molecule has 2 heterocycles. The first-order chi connectivity index (χ1) is 18.7. The summed E-state index contributed by atoms with van der Waals surface area (Å²) in [5, 5.41) is 17.1. The van der Waals surface area contributed by atoms with Gasteiger partial charge in [-0.05, 0) is 35.2 Å². The fourth-order valence-electron chi connectivity index (χ4n) is 4.87. The van der Waals surface area contributed by atoms with Crippen molar-refractivity contribution in [1.29, 1.82) is 0 Å². The van der Waals surface area contributed by atoms with Gasteiger partial charge in [0.2, 0.25) is 11.8 Å². The SMILES string of the molecule is CC(C)C(C(=O)N1C[C@H](O)C[C@H]1C(=O)N[C@@H](C)c1ccc(-c2ccccc2F)cc1)c1cc(OCC=O)no1. The normalized spacial score (nSPS) is 18.6. The Hall–Kier alpha value is -4.05. The fraction of sp³-hybridized carbons (Fsp3) is 0.379. The number of hydrogen-bond donors (Lipinski definition) is 2. The lowest BCUT2D eigenvalue weighted by Gasteiger charge is -2.29. The number of ether oxygens (including phenoxy) is 1. The second kappa shape index (κ2) is 12.2. The van der Waals surface area contributed by atoms with Gasteiger partial charge in [0.15, 0.2) is 12.0 Å². The molecule has 1 aromatic heterocycles. The lowest BCUT2D eigenvalue weighted by molar-refractivity contribution is -0.141. The van der Waals surface area contributed by atoms with Crippen LogP contribution < -0.4 is 10.1 Å². The lowest BCUT2D eigenvalue weighted by Crippen LogP contribution is -2.48. The van der Waals surface area contributed by atoms with Crippen molar-refractivity contribution in [2.24, 2.45) is 5.92 Å². The Kier molecular flexibility index (Phi) is 8.75. The van der Waals surface area contributed by atoms with Gasteiger partial charge in [-0.1, -0.05) is 56.3 Å². The Morgan fingerprint density at radius 3 is 2.59 bits per heavy atom. The maximum absolute atomic E-state index is 14.1. The van der Waals surface area contributed by atoms with Crippen LogP contribution in [-0.2, 0) is 14.4 Å². The molecule has 0 bridgehead atoms. The molecule has 2 N–H and O–H groups in total. The van der Waals surface area contributed by atoms with E-state index in [1.807, 2.05) is 32.9 Å². The number of benzene rings is 2. The summed E-state index contributed by atoms with van der Waals surface area (Å²) in [7, 11) is 0. The van der Waals surface area contributed by atoms with Crippen LogP contribution >= 0.6 is 0 Å². The molecule has 39 heavy (non-hydrogen) atoms. The van der Waals surface area contributed by atoms with Gasteiger partial charge in [0, 0.05) is 24.6 Å². The molecule has 9 nitrogen and oxygen atoms in total. The molecule has 4 atom stereocenters. The van der Waals surface area contributed by atoms with Crippen molar-refractivity contribution in [2.45, 2.75) is 51.3 Å². The average molecular weight is 538 g/mol. The number of carbonyl (C=O) groups is 3. The first-order valence-electron chi connectivity index (χ1n) is 12.9. The molecule has 1 aliphatic heterocycles. The van der Waals surface area contributed by atoms with Crippen molar-refractivity contribution in [3.05, 3.63) is 71.7 Å². The summed E-state index contributed by atoms with van der Waals surface area (Å²) in [6.45, 7) is 5.31. The molecule has 3 aromatic rings. The number of amides is 2. The summed E-state index contributed by atoms with van der Waals surface area (Å²) in [4.78, 5) is 38.9. The number of aliphatic hydroxyl groups is 1. The molecule has 1 saturated heterocycles. The Morgan fingerprint density at radius 2 is 1.92 bits per heavy atom. The van der Waals surface area contributed by atoms with Crippen LogP contribution in [0.5, 0.6) is 5.88 Å². The quantitative estimate of drug-likeness (QED) is 0.379. The summed E-state index contributed by atoms with van der Waals surface area (Å²) < 4.78 is 24.6. The Balaban J connectivity index is 1.47. The number of aromatic nitrogens is 1. The first-order valence-corrected chi connectivity index (χ1v) is 12.9. The highest BCUT2D eigenvalue weighted by atomic mass is 19.1. The minimum atomic E-state index is -0.873. The molecule has 0 radical (unpaired) electrons. The Morgan fingerprint density at radius 1 is 1.21 bits per heavy atom. The number of nitrogens with one attached hydrogen (secondary N) is 1. The van der Waals surface area contributed by atoms with Crippen LogP contribution in [0.3, 0.4) is 0 Å². The van der Waals surface area contributed by atoms with Crippen molar-refractivity contribution in [1.82, 2.24) is 15.4 Å². The second-order valence-electron chi connectivity index (χ2n) is 9.99. The smallest absolute Gasteiger partial charge is 0.254 e. The van der Waals surface area contributed by atoms with Crippen LogP contribution in [-0.4, -0.2) is 58.6 Å². The van der Waals surface area contributed by atoms with E-state index in [0.29, 0.717) is 11.8 Å². The van der Waals surface area contributed by atoms with Crippen molar-refractivity contribution in [3.63, 3.8) is 0 Å². The molecular weight excluding hydrogens is 505 g/mol. The summed E-state index contributed by atoms with van der Waals surface area (Å²) >= 11 is 0. The van der Waals surface area contributed by atoms with E-state index in [2.05, 4.69) is 10.5 Å². The molecule has 1 unspecified atom stereocenters. The molecule has 0 aliphatic carbocycles. The van der Waals surface area contributed by atoms with E-state index in [1.54, 1.807) is 30.3 Å². The first kappa shape index (κ1) is 28.0. The Labute approximate surface area is 225 Å². The highest BCUT2D eigenvalue weighted by Gasteiger charge is 2.43. The van der Waals surface area contributed by atoms with Crippen LogP contribution in [0.25, 0.3) is 11.1 Å². The molecule has 0 spiro atoms. The van der Waals surface area contributed by atoms with Gasteiger partial charge in [-0.3, -0.25) is 14.4 Å². The van der Waals surface area contributed by atoms with Crippen LogP contribution in [0.4, 0.5) is 4.39 Å². The predicted octanol–water partition coefficient (Wildman–Crippen LogP) is 3.64. The number of halogens is 1. The largest absolute Gasteiger partial charge is 0.468 e. The average Bonchev–Trinajstić information content (AvgIpc) is 3.54. The van der Waals surface area contributed by atoms with Crippen LogP contribution in [0.15, 0.2) is 59.1 Å². The maximum Gasteiger partial charge on any atom is 0.254 e. The number of β-amino-alcohol motifs (C(OH)–C–C–N with tert-alkyl or cyclic N) is 1. The molecule has 2 amide bonds. The van der Waals surface area contributed by atoms with Crippen molar-refractivity contribution < 1.29 is 33.1 Å². The molecule has 2 aromatic carbocycles. The monoisotopic (exact) mass is 537 g/mol. The highest BCUT2D eigenvalue weighted by molar-refractivity contribution is 5.91. The third-order valence-electron chi connectivity index (χ3n) is 6.86. The van der Waals surface area contributed by atoms with E-state index < -0.39 is 24.1 Å². The summed E-state index contributed by atoms with van der Waals surface area (Å²) in [6, 6.07) is 13.9. The zero-order valence-corrected chi connectivity index (χ0v) is 22.0. The third kappa shape index (κ3) is 6.34. The van der Waals surface area contributed by atoms with Crippen molar-refractivity contribution in [2.75, 3.05) is 13.2 Å². The maximum atomic E-state index is 14.1. The summed E-state index contributed by atoms with van der Waals surface area (Å²) in [6.07, 6.45) is -0.174. The van der Waals surface area contributed by atoms with Gasteiger partial charge in [-0.25, -0.2) is 4.39 Å².